The molecule has 40 heavy (non-hydrogen) atoms. The fourth-order valence-electron chi connectivity index (χ4n) is 7.01. The van der Waals surface area contributed by atoms with E-state index < -0.39 is 58.0 Å². The van der Waals surface area contributed by atoms with Crippen LogP contribution in [0.5, 0.6) is 5.75 Å². The lowest BCUT2D eigenvalue weighted by Gasteiger charge is -2.50. The summed E-state index contributed by atoms with van der Waals surface area (Å²) in [4.78, 5) is 42.9. The molecule has 216 valence electrons. The molecular formula is C28H34ClN3O8. The average molecular weight is 576 g/mol. The summed E-state index contributed by atoms with van der Waals surface area (Å²) in [6.45, 7) is 2.07. The number of phenolic OH excluding ortho intramolecular Hbond substituents is 1. The normalized spacial score (nSPS) is 29.5. The molecule has 4 aliphatic rings. The lowest BCUT2D eigenvalue weighted by Crippen LogP contribution is -2.65. The van der Waals surface area contributed by atoms with E-state index in [1.807, 2.05) is 0 Å². The summed E-state index contributed by atoms with van der Waals surface area (Å²) in [7, 11) is 4.82. The lowest BCUT2D eigenvalue weighted by atomic mass is 9.57. The summed E-state index contributed by atoms with van der Waals surface area (Å²) in [5, 5.41) is 45.3. The van der Waals surface area contributed by atoms with Gasteiger partial charge in [-0.1, -0.05) is 11.6 Å². The maximum absolute atomic E-state index is 13.9. The summed E-state index contributed by atoms with van der Waals surface area (Å²) in [6, 6.07) is 0.331. The van der Waals surface area contributed by atoms with Crippen LogP contribution in [-0.2, 0) is 32.1 Å². The number of halogens is 1. The number of Topliss-reactive ketones (excluding diaryl/α,β-unsaturated/α-hetero) is 2. The summed E-state index contributed by atoms with van der Waals surface area (Å²) < 4.78 is 5.44. The van der Waals surface area contributed by atoms with E-state index in [9.17, 15) is 34.8 Å². The number of carbonyl (C=O) groups is 3. The highest BCUT2D eigenvalue weighted by Crippen LogP contribution is 2.53. The number of likely N-dealkylation sites (tertiary alicyclic amines) is 1. The van der Waals surface area contributed by atoms with Crippen LogP contribution in [0.2, 0.25) is 5.02 Å². The van der Waals surface area contributed by atoms with Gasteiger partial charge < -0.3 is 30.9 Å². The maximum Gasteiger partial charge on any atom is 0.255 e. The van der Waals surface area contributed by atoms with Gasteiger partial charge in [0.15, 0.2) is 11.4 Å². The number of rotatable bonds is 5. The number of hydrogen-bond donors (Lipinski definition) is 5. The molecule has 0 spiro atoms. The molecule has 0 radical (unpaired) electrons. The average Bonchev–Trinajstić information content (AvgIpc) is 2.89. The molecule has 0 bridgehead atoms. The Kier molecular flexibility index (Phi) is 7.25. The standard InChI is InChI=1S/C28H34ClN3O8/c1-31(2)22-16-9-12-8-15-19(17(33)10-13(21(15)29)11-32-6-4-14(40-3)5-7-32)23(34)18(12)25(36)28(16,39)26(37)20(24(22)35)27(30)38/h10,12,14,16,22,33-34,37,39H,4-9,11H2,1-3H3,(H2,30,38)/t12-,16-,22-,28-/m0/s1. The molecule has 0 unspecified atom stereocenters. The number of aliphatic hydroxyl groups excluding tert-OH is 2. The van der Waals surface area contributed by atoms with Crippen LogP contribution in [0.25, 0.3) is 5.76 Å². The van der Waals surface area contributed by atoms with Gasteiger partial charge in [0, 0.05) is 43.3 Å². The number of aromatic hydroxyl groups is 1. The van der Waals surface area contributed by atoms with Crippen LogP contribution in [0.4, 0.5) is 0 Å². The first-order chi connectivity index (χ1) is 18.8. The van der Waals surface area contributed by atoms with Crippen LogP contribution in [0, 0.1) is 11.8 Å². The number of ketones is 2. The molecule has 1 aromatic carbocycles. The number of methoxy groups -OCH3 is 1. The molecule has 1 aromatic rings. The van der Waals surface area contributed by atoms with Gasteiger partial charge in [-0.05, 0) is 62.9 Å². The molecule has 6 N–H and O–H groups in total. The molecule has 1 saturated heterocycles. The highest BCUT2D eigenvalue weighted by atomic mass is 35.5. The summed E-state index contributed by atoms with van der Waals surface area (Å²) in [6.07, 6.45) is 2.11. The summed E-state index contributed by atoms with van der Waals surface area (Å²) in [5.41, 5.74) is 2.77. The van der Waals surface area contributed by atoms with Crippen molar-refractivity contribution in [3.63, 3.8) is 0 Å². The number of piperidine rings is 1. The number of ether oxygens (including phenoxy) is 1. The number of nitrogens with zero attached hydrogens (tertiary/aromatic N) is 2. The Morgan fingerprint density at radius 1 is 1.23 bits per heavy atom. The van der Waals surface area contributed by atoms with E-state index in [0.717, 1.165) is 25.9 Å². The smallest absolute Gasteiger partial charge is 0.255 e. The van der Waals surface area contributed by atoms with Crippen molar-refractivity contribution in [2.45, 2.75) is 50.0 Å². The van der Waals surface area contributed by atoms with E-state index >= 15 is 0 Å². The Bertz CT molecular complexity index is 1360. The van der Waals surface area contributed by atoms with Crippen LogP contribution in [-0.4, -0.2) is 99.7 Å². The monoisotopic (exact) mass is 575 g/mol. The number of amides is 1. The van der Waals surface area contributed by atoms with Crippen molar-refractivity contribution in [1.82, 2.24) is 9.80 Å². The van der Waals surface area contributed by atoms with Gasteiger partial charge in [0.1, 0.15) is 22.8 Å². The first-order valence-corrected chi connectivity index (χ1v) is 13.6. The number of primary amides is 1. The van der Waals surface area contributed by atoms with E-state index in [4.69, 9.17) is 22.1 Å². The third-order valence-corrected chi connectivity index (χ3v) is 9.46. The van der Waals surface area contributed by atoms with Crippen LogP contribution < -0.4 is 5.73 Å². The number of nitrogens with two attached hydrogens (primary N) is 1. The molecule has 4 atom stereocenters. The van der Waals surface area contributed by atoms with Crippen LogP contribution >= 0.6 is 11.6 Å². The van der Waals surface area contributed by atoms with Crippen molar-refractivity contribution in [2.24, 2.45) is 17.6 Å². The first kappa shape index (κ1) is 28.6. The largest absolute Gasteiger partial charge is 0.508 e. The number of benzene rings is 1. The molecule has 11 nitrogen and oxygen atoms in total. The van der Waals surface area contributed by atoms with Gasteiger partial charge in [-0.2, -0.15) is 0 Å². The van der Waals surface area contributed by atoms with E-state index in [1.54, 1.807) is 21.2 Å². The highest BCUT2D eigenvalue weighted by Gasteiger charge is 2.64. The van der Waals surface area contributed by atoms with Crippen LogP contribution in [0.15, 0.2) is 23.0 Å². The summed E-state index contributed by atoms with van der Waals surface area (Å²) >= 11 is 6.86. The zero-order valence-corrected chi connectivity index (χ0v) is 23.4. The Morgan fingerprint density at radius 3 is 2.45 bits per heavy atom. The molecule has 2 fully saturated rings. The van der Waals surface area contributed by atoms with Gasteiger partial charge in [-0.15, -0.1) is 0 Å². The predicted octanol–water partition coefficient (Wildman–Crippen LogP) is 1.23. The van der Waals surface area contributed by atoms with Crippen molar-refractivity contribution in [3.8, 4) is 5.75 Å². The molecular weight excluding hydrogens is 542 g/mol. The molecule has 1 aliphatic heterocycles. The fraction of sp³-hybridized carbons (Fsp3) is 0.536. The van der Waals surface area contributed by atoms with Crippen LogP contribution in [0.1, 0.15) is 36.0 Å². The van der Waals surface area contributed by atoms with Gasteiger partial charge in [0.25, 0.3) is 5.91 Å². The second kappa shape index (κ2) is 10.1. The van der Waals surface area contributed by atoms with Crippen molar-refractivity contribution in [3.05, 3.63) is 44.7 Å². The lowest BCUT2D eigenvalue weighted by molar-refractivity contribution is -0.153. The maximum atomic E-state index is 13.9. The Balaban J connectivity index is 1.58. The molecule has 1 amide bonds. The van der Waals surface area contributed by atoms with Crippen molar-refractivity contribution < 1.29 is 39.5 Å². The summed E-state index contributed by atoms with van der Waals surface area (Å²) in [5.74, 6) is -6.85. The number of hydrogen-bond acceptors (Lipinski definition) is 10. The zero-order valence-electron chi connectivity index (χ0n) is 22.6. The molecule has 1 heterocycles. The molecule has 3 aliphatic carbocycles. The SMILES string of the molecule is COC1CCN(Cc2cc(O)c3c(c2Cl)C[C@H]2C[C@H]4[C@H](N(C)C)C(=O)C(C(N)=O)=C(O)[C@@]4(O)C(=O)C2=C3O)CC1. The van der Waals surface area contributed by atoms with Gasteiger partial charge in [0.05, 0.1) is 17.7 Å². The van der Waals surface area contributed by atoms with Crippen molar-refractivity contribution in [2.75, 3.05) is 34.3 Å². The second-order valence-corrected chi connectivity index (χ2v) is 11.8. The topological polar surface area (TPSA) is 174 Å². The van der Waals surface area contributed by atoms with E-state index in [1.165, 1.54) is 11.0 Å². The third-order valence-electron chi connectivity index (χ3n) is 8.99. The minimum Gasteiger partial charge on any atom is -0.508 e. The van der Waals surface area contributed by atoms with E-state index in [2.05, 4.69) is 4.90 Å². The molecule has 1 saturated carbocycles. The zero-order chi connectivity index (χ0) is 29.3. The number of carbonyl (C=O) groups excluding carboxylic acids is 3. The van der Waals surface area contributed by atoms with E-state index in [0.29, 0.717) is 22.7 Å². The highest BCUT2D eigenvalue weighted by molar-refractivity contribution is 6.32. The van der Waals surface area contributed by atoms with Gasteiger partial charge >= 0.3 is 0 Å². The van der Waals surface area contributed by atoms with Crippen LogP contribution in [0.3, 0.4) is 0 Å². The van der Waals surface area contributed by atoms with Gasteiger partial charge in [0.2, 0.25) is 5.78 Å². The quantitative estimate of drug-likeness (QED) is 0.321. The Hall–Kier alpha value is -2.96. The number of likely N-dealkylation sites (N-methyl/N-ethyl adjacent to an activating group) is 1. The molecule has 0 aromatic heterocycles. The van der Waals surface area contributed by atoms with Gasteiger partial charge in [-0.25, -0.2) is 0 Å². The number of fused-ring (bicyclic) bond motifs is 3. The Labute approximate surface area is 236 Å². The third kappa shape index (κ3) is 4.14. The molecule has 12 heteroatoms. The number of aliphatic hydroxyl groups is 3. The number of phenols is 1. The fourth-order valence-corrected chi connectivity index (χ4v) is 7.29. The minimum absolute atomic E-state index is 0.0110. The minimum atomic E-state index is -2.67. The first-order valence-electron chi connectivity index (χ1n) is 13.3. The van der Waals surface area contributed by atoms with Crippen molar-refractivity contribution >= 4 is 34.8 Å². The Morgan fingerprint density at radius 2 is 1.88 bits per heavy atom. The second-order valence-electron chi connectivity index (χ2n) is 11.4. The molecule has 5 rings (SSSR count). The predicted molar refractivity (Wildman–Crippen MR) is 145 cm³/mol. The van der Waals surface area contributed by atoms with E-state index in [-0.39, 0.29) is 35.8 Å². The van der Waals surface area contributed by atoms with Crippen molar-refractivity contribution in [1.29, 1.82) is 0 Å². The van der Waals surface area contributed by atoms with Gasteiger partial charge in [-0.3, -0.25) is 24.2 Å².